The van der Waals surface area contributed by atoms with E-state index in [2.05, 4.69) is 5.32 Å². The molecule has 174 valence electrons. The number of amides is 2. The lowest BCUT2D eigenvalue weighted by Crippen LogP contribution is -2.57. The fourth-order valence-corrected chi connectivity index (χ4v) is 5.78. The Morgan fingerprint density at radius 2 is 1.91 bits per heavy atom. The van der Waals surface area contributed by atoms with Gasteiger partial charge < -0.3 is 32.1 Å². The minimum atomic E-state index is -2.09. The molecular formula is C21H20IN3O8. The Balaban J connectivity index is 1.88. The highest BCUT2D eigenvalue weighted by molar-refractivity contribution is 14.1. The molecule has 2 amide bonds. The number of carbonyl (C=O) groups is 4. The van der Waals surface area contributed by atoms with E-state index in [4.69, 9.17) is 14.5 Å². The molecule has 33 heavy (non-hydrogen) atoms. The van der Waals surface area contributed by atoms with Gasteiger partial charge in [-0.05, 0) is 30.4 Å². The number of aliphatic hydroxyl groups excluding tert-OH is 2. The molecule has 8 N–H and O–H groups in total. The third-order valence-electron chi connectivity index (χ3n) is 6.48. The van der Waals surface area contributed by atoms with Crippen LogP contribution in [0.3, 0.4) is 0 Å². The summed E-state index contributed by atoms with van der Waals surface area (Å²) in [7, 11) is 0. The number of aliphatic hydroxyl groups is 2. The van der Waals surface area contributed by atoms with Crippen LogP contribution in [0.2, 0.25) is 0 Å². The van der Waals surface area contributed by atoms with E-state index in [9.17, 15) is 34.5 Å². The molecule has 11 nitrogen and oxygen atoms in total. The summed E-state index contributed by atoms with van der Waals surface area (Å²) in [4.78, 5) is 50.1. The summed E-state index contributed by atoms with van der Waals surface area (Å²) < 4.78 is 5.42. The number of ketones is 2. The maximum absolute atomic E-state index is 13.5. The van der Waals surface area contributed by atoms with Gasteiger partial charge >= 0.3 is 0 Å². The second-order valence-corrected chi connectivity index (χ2v) is 8.65. The Kier molecular flexibility index (Phi) is 5.70. The molecule has 0 unspecified atom stereocenters. The number of rotatable bonds is 4. The molecular weight excluding hydrogens is 549 g/mol. The first-order chi connectivity index (χ1) is 15.6. The van der Waals surface area contributed by atoms with Crippen LogP contribution in [0.15, 0.2) is 34.8 Å². The van der Waals surface area contributed by atoms with E-state index in [-0.39, 0.29) is 42.6 Å². The topological polar surface area (TPSA) is 202 Å². The van der Waals surface area contributed by atoms with E-state index in [1.807, 2.05) is 0 Å². The number of nitrogens with one attached hydrogen (secondary N) is 1. The Bertz CT molecular complexity index is 1190. The van der Waals surface area contributed by atoms with Gasteiger partial charge in [-0.2, -0.15) is 0 Å². The number of aromatic hydroxyl groups is 1. The van der Waals surface area contributed by atoms with Crippen molar-refractivity contribution in [1.82, 2.24) is 0 Å². The van der Waals surface area contributed by atoms with Gasteiger partial charge in [0.15, 0.2) is 11.5 Å². The number of benzene rings is 1. The zero-order valence-corrected chi connectivity index (χ0v) is 19.2. The summed E-state index contributed by atoms with van der Waals surface area (Å²) in [5.41, 5.74) is 7.98. The molecule has 4 rings (SSSR count). The quantitative estimate of drug-likeness (QED) is 0.173. The number of hydrogen-bond donors (Lipinski definition) is 6. The lowest BCUT2D eigenvalue weighted by atomic mass is 9.60. The monoisotopic (exact) mass is 569 g/mol. The molecule has 0 bridgehead atoms. The smallest absolute Gasteiger partial charge is 0.255 e. The largest absolute Gasteiger partial charge is 0.511 e. The molecule has 0 aliphatic heterocycles. The van der Waals surface area contributed by atoms with Gasteiger partial charge in [0.1, 0.15) is 40.1 Å². The van der Waals surface area contributed by atoms with Crippen LogP contribution in [-0.4, -0.2) is 50.8 Å². The number of anilines is 1. The summed E-state index contributed by atoms with van der Waals surface area (Å²) in [5.74, 6) is -6.48. The van der Waals surface area contributed by atoms with E-state index in [1.54, 1.807) is 6.07 Å². The molecule has 3 aliphatic rings. The molecule has 0 saturated heterocycles. The molecule has 1 aromatic rings. The SMILES string of the molecule is NCC(=O)Nc1ccc2c(c1O)C(=O)C1=C(O)[C@]3(OI)C(=O)C(C(N)=O)=C(O)C[C@@H]3C[C@@H]1C2. The Hall–Kier alpha value is -2.97. The average molecular weight is 569 g/mol. The molecule has 3 aliphatic carbocycles. The Morgan fingerprint density at radius 1 is 1.21 bits per heavy atom. The minimum absolute atomic E-state index is 0.0257. The third kappa shape index (κ3) is 3.23. The van der Waals surface area contributed by atoms with Crippen LogP contribution in [-0.2, 0) is 23.9 Å². The first-order valence-electron chi connectivity index (χ1n) is 9.97. The molecule has 3 atom stereocenters. The van der Waals surface area contributed by atoms with Crippen molar-refractivity contribution in [2.45, 2.75) is 24.9 Å². The van der Waals surface area contributed by atoms with E-state index >= 15 is 0 Å². The van der Waals surface area contributed by atoms with Gasteiger partial charge in [-0.1, -0.05) is 6.07 Å². The van der Waals surface area contributed by atoms with Crippen molar-refractivity contribution in [2.24, 2.45) is 23.3 Å². The first kappa shape index (κ1) is 23.2. The first-order valence-corrected chi connectivity index (χ1v) is 10.9. The maximum Gasteiger partial charge on any atom is 0.255 e. The van der Waals surface area contributed by atoms with Crippen LogP contribution >= 0.6 is 23.0 Å². The number of nitrogens with two attached hydrogens (primary N) is 2. The van der Waals surface area contributed by atoms with Crippen LogP contribution in [0.5, 0.6) is 5.75 Å². The van der Waals surface area contributed by atoms with Crippen LogP contribution in [0.4, 0.5) is 5.69 Å². The zero-order valence-electron chi connectivity index (χ0n) is 17.1. The molecule has 0 spiro atoms. The summed E-state index contributed by atoms with van der Waals surface area (Å²) in [5, 5.41) is 34.6. The minimum Gasteiger partial charge on any atom is -0.511 e. The standard InChI is InChI=1S/C21H20IN3O8/c22-33-21-9(5-11(26)15(19(21)31)20(24)32)4-8-3-7-1-2-10(25-12(27)6-23)16(28)13(7)17(29)14(8)18(21)30/h1-2,8-9,26,28,30H,3-6,23H2,(H2,24,32)(H,25,27)/t8-,9-,21-/m0/s1. The lowest BCUT2D eigenvalue weighted by molar-refractivity contribution is -0.137. The van der Waals surface area contributed by atoms with Gasteiger partial charge in [-0.3, -0.25) is 22.2 Å². The number of Topliss-reactive ketones (excluding diaryl/α,β-unsaturated/α-hetero) is 2. The number of phenols is 1. The summed E-state index contributed by atoms with van der Waals surface area (Å²) >= 11 is 1.41. The normalized spacial score (nSPS) is 26.5. The third-order valence-corrected chi connectivity index (χ3v) is 7.18. The molecule has 0 aromatic heterocycles. The highest BCUT2D eigenvalue weighted by atomic mass is 127. The number of phenolic OH excluding ortho intramolecular Hbond substituents is 1. The van der Waals surface area contributed by atoms with Gasteiger partial charge in [0, 0.05) is 17.9 Å². The van der Waals surface area contributed by atoms with E-state index < -0.39 is 63.7 Å². The fraction of sp³-hybridized carbons (Fsp3) is 0.333. The number of halogens is 1. The predicted octanol–water partition coefficient (Wildman–Crippen LogP) is 0.852. The second kappa shape index (κ2) is 8.11. The van der Waals surface area contributed by atoms with Gasteiger partial charge in [0.2, 0.25) is 17.3 Å². The molecule has 1 aromatic carbocycles. The van der Waals surface area contributed by atoms with Crippen molar-refractivity contribution in [1.29, 1.82) is 0 Å². The zero-order chi connectivity index (χ0) is 24.2. The van der Waals surface area contributed by atoms with Crippen molar-refractivity contribution in [3.05, 3.63) is 45.9 Å². The van der Waals surface area contributed by atoms with E-state index in [0.717, 1.165) is 0 Å². The highest BCUT2D eigenvalue weighted by Gasteiger charge is 2.61. The number of primary amides is 1. The number of carbonyl (C=O) groups excluding carboxylic acids is 4. The van der Waals surface area contributed by atoms with Crippen molar-refractivity contribution in [3.63, 3.8) is 0 Å². The molecule has 0 heterocycles. The van der Waals surface area contributed by atoms with Crippen molar-refractivity contribution in [2.75, 3.05) is 11.9 Å². The molecule has 12 heteroatoms. The second-order valence-electron chi connectivity index (χ2n) is 8.21. The van der Waals surface area contributed by atoms with Gasteiger partial charge in [-0.15, -0.1) is 0 Å². The molecule has 0 radical (unpaired) electrons. The molecule has 0 saturated carbocycles. The van der Waals surface area contributed by atoms with E-state index in [0.29, 0.717) is 5.56 Å². The van der Waals surface area contributed by atoms with Crippen LogP contribution in [0.1, 0.15) is 28.8 Å². The summed E-state index contributed by atoms with van der Waals surface area (Å²) in [6.07, 6.45) is 0.271. The van der Waals surface area contributed by atoms with Crippen molar-refractivity contribution < 1.29 is 37.6 Å². The van der Waals surface area contributed by atoms with Gasteiger partial charge in [0.25, 0.3) is 5.91 Å². The number of hydrogen-bond acceptors (Lipinski definition) is 9. The predicted molar refractivity (Wildman–Crippen MR) is 121 cm³/mol. The molecule has 0 fully saturated rings. The highest BCUT2D eigenvalue weighted by Crippen LogP contribution is 2.53. The van der Waals surface area contributed by atoms with Crippen LogP contribution in [0, 0.1) is 11.8 Å². The van der Waals surface area contributed by atoms with Gasteiger partial charge in [-0.25, -0.2) is 0 Å². The summed E-state index contributed by atoms with van der Waals surface area (Å²) in [6.45, 7) is -0.333. The number of allylic oxidation sites excluding steroid dienone is 2. The maximum atomic E-state index is 13.5. The lowest BCUT2D eigenvalue weighted by Gasteiger charge is -2.46. The van der Waals surface area contributed by atoms with Crippen molar-refractivity contribution in [3.8, 4) is 5.75 Å². The van der Waals surface area contributed by atoms with Gasteiger partial charge in [0.05, 0.1) is 17.8 Å². The summed E-state index contributed by atoms with van der Waals surface area (Å²) in [6, 6.07) is 3.03. The fourth-order valence-electron chi connectivity index (χ4n) is 5.01. The average Bonchev–Trinajstić information content (AvgIpc) is 2.75. The number of fused-ring (bicyclic) bond motifs is 3. The van der Waals surface area contributed by atoms with E-state index in [1.165, 1.54) is 29.1 Å². The van der Waals surface area contributed by atoms with Crippen LogP contribution in [0.25, 0.3) is 0 Å². The Morgan fingerprint density at radius 3 is 2.52 bits per heavy atom. The Labute approximate surface area is 201 Å². The van der Waals surface area contributed by atoms with Crippen LogP contribution < -0.4 is 16.8 Å². The van der Waals surface area contributed by atoms with Crippen molar-refractivity contribution >= 4 is 52.1 Å².